The Hall–Kier alpha value is -0.830. The molecule has 0 saturated carbocycles. The van der Waals surface area contributed by atoms with Gasteiger partial charge in [-0.25, -0.2) is 0 Å². The SMILES string of the molecule is CCCCCCCC/C=C\CCCCCCCC(=O)OCCN1CCCCC1. The molecule has 28 heavy (non-hydrogen) atoms. The molecule has 0 aliphatic carbocycles. The van der Waals surface area contributed by atoms with Crippen LogP contribution in [0.3, 0.4) is 0 Å². The van der Waals surface area contributed by atoms with E-state index in [1.54, 1.807) is 0 Å². The van der Waals surface area contributed by atoms with Gasteiger partial charge in [-0.15, -0.1) is 0 Å². The van der Waals surface area contributed by atoms with Crippen molar-refractivity contribution in [3.63, 3.8) is 0 Å². The van der Waals surface area contributed by atoms with Gasteiger partial charge in [0.15, 0.2) is 0 Å². The van der Waals surface area contributed by atoms with Gasteiger partial charge < -0.3 is 4.74 Å². The fraction of sp³-hybridized carbons (Fsp3) is 0.880. The van der Waals surface area contributed by atoms with Crippen molar-refractivity contribution in [2.24, 2.45) is 0 Å². The van der Waals surface area contributed by atoms with Crippen molar-refractivity contribution < 1.29 is 9.53 Å². The first-order valence-corrected chi connectivity index (χ1v) is 12.4. The number of piperidine rings is 1. The largest absolute Gasteiger partial charge is 0.464 e. The van der Waals surface area contributed by atoms with Crippen molar-refractivity contribution in [1.82, 2.24) is 4.90 Å². The van der Waals surface area contributed by atoms with Crippen molar-refractivity contribution in [2.75, 3.05) is 26.2 Å². The van der Waals surface area contributed by atoms with Gasteiger partial charge in [-0.05, 0) is 58.0 Å². The third-order valence-electron chi connectivity index (χ3n) is 5.76. The molecule has 1 fully saturated rings. The van der Waals surface area contributed by atoms with Gasteiger partial charge in [0.2, 0.25) is 0 Å². The second-order valence-electron chi connectivity index (χ2n) is 8.46. The summed E-state index contributed by atoms with van der Waals surface area (Å²) in [6.07, 6.45) is 26.0. The summed E-state index contributed by atoms with van der Waals surface area (Å²) in [5.41, 5.74) is 0. The van der Waals surface area contributed by atoms with Gasteiger partial charge in [0.1, 0.15) is 6.61 Å². The van der Waals surface area contributed by atoms with Crippen LogP contribution in [0.1, 0.15) is 116 Å². The Morgan fingerprint density at radius 1 is 0.786 bits per heavy atom. The highest BCUT2D eigenvalue weighted by Gasteiger charge is 2.10. The first-order valence-electron chi connectivity index (χ1n) is 12.4. The highest BCUT2D eigenvalue weighted by Crippen LogP contribution is 2.11. The third kappa shape index (κ3) is 16.2. The Bertz CT molecular complexity index is 375. The van der Waals surface area contributed by atoms with E-state index in [1.165, 1.54) is 103 Å². The molecule has 0 N–H and O–H groups in total. The van der Waals surface area contributed by atoms with E-state index in [0.717, 1.165) is 19.4 Å². The maximum atomic E-state index is 11.8. The fourth-order valence-corrected chi connectivity index (χ4v) is 3.88. The standard InChI is InChI=1S/C25H47NO2/c1-2-3-4-5-6-7-8-9-10-11-12-13-14-15-17-20-25(27)28-24-23-26-21-18-16-19-22-26/h9-10H,2-8,11-24H2,1H3/b10-9-. The van der Waals surface area contributed by atoms with Crippen LogP contribution < -0.4 is 0 Å². The number of ether oxygens (including phenoxy) is 1. The lowest BCUT2D eigenvalue weighted by Gasteiger charge is -2.25. The fourth-order valence-electron chi connectivity index (χ4n) is 3.88. The molecule has 1 heterocycles. The monoisotopic (exact) mass is 393 g/mol. The zero-order valence-electron chi connectivity index (χ0n) is 18.8. The molecule has 164 valence electrons. The van der Waals surface area contributed by atoms with Gasteiger partial charge in [-0.3, -0.25) is 9.69 Å². The van der Waals surface area contributed by atoms with Crippen molar-refractivity contribution in [3.05, 3.63) is 12.2 Å². The molecule has 0 unspecified atom stereocenters. The molecule has 3 nitrogen and oxygen atoms in total. The lowest BCUT2D eigenvalue weighted by molar-refractivity contribution is -0.144. The molecule has 1 saturated heterocycles. The van der Waals surface area contributed by atoms with E-state index >= 15 is 0 Å². The van der Waals surface area contributed by atoms with Crippen LogP contribution in [0.5, 0.6) is 0 Å². The van der Waals surface area contributed by atoms with Crippen molar-refractivity contribution in [1.29, 1.82) is 0 Å². The van der Waals surface area contributed by atoms with E-state index in [0.29, 0.717) is 13.0 Å². The Morgan fingerprint density at radius 2 is 1.36 bits per heavy atom. The quantitative estimate of drug-likeness (QED) is 0.142. The molecule has 0 amide bonds. The summed E-state index contributed by atoms with van der Waals surface area (Å²) in [6, 6.07) is 0. The summed E-state index contributed by atoms with van der Waals surface area (Å²) in [6.45, 7) is 6.11. The number of nitrogens with zero attached hydrogens (tertiary/aromatic N) is 1. The van der Waals surface area contributed by atoms with E-state index in [9.17, 15) is 4.79 Å². The van der Waals surface area contributed by atoms with E-state index in [-0.39, 0.29) is 5.97 Å². The van der Waals surface area contributed by atoms with Gasteiger partial charge in [-0.1, -0.05) is 76.9 Å². The van der Waals surface area contributed by atoms with Crippen LogP contribution in [0.4, 0.5) is 0 Å². The van der Waals surface area contributed by atoms with Crippen LogP contribution in [-0.2, 0) is 9.53 Å². The Morgan fingerprint density at radius 3 is 2.00 bits per heavy atom. The Labute approximate surface area is 175 Å². The Balaban J connectivity index is 1.77. The molecule has 3 heteroatoms. The lowest BCUT2D eigenvalue weighted by atomic mass is 10.1. The zero-order chi connectivity index (χ0) is 20.1. The maximum Gasteiger partial charge on any atom is 0.305 e. The predicted molar refractivity (Wildman–Crippen MR) is 121 cm³/mol. The number of hydrogen-bond acceptors (Lipinski definition) is 3. The molecule has 0 spiro atoms. The smallest absolute Gasteiger partial charge is 0.305 e. The summed E-state index contributed by atoms with van der Waals surface area (Å²) < 4.78 is 5.37. The van der Waals surface area contributed by atoms with Crippen LogP contribution >= 0.6 is 0 Å². The van der Waals surface area contributed by atoms with Gasteiger partial charge in [-0.2, -0.15) is 0 Å². The number of unbranched alkanes of at least 4 members (excludes halogenated alkanes) is 11. The number of likely N-dealkylation sites (tertiary alicyclic amines) is 1. The van der Waals surface area contributed by atoms with E-state index in [1.807, 2.05) is 0 Å². The molecule has 1 aliphatic rings. The van der Waals surface area contributed by atoms with E-state index in [4.69, 9.17) is 4.74 Å². The van der Waals surface area contributed by atoms with Crippen LogP contribution in [0.25, 0.3) is 0 Å². The minimum Gasteiger partial charge on any atom is -0.464 e. The second-order valence-corrected chi connectivity index (χ2v) is 8.46. The topological polar surface area (TPSA) is 29.5 Å². The molecular formula is C25H47NO2. The molecule has 0 radical (unpaired) electrons. The number of hydrogen-bond donors (Lipinski definition) is 0. The van der Waals surface area contributed by atoms with Crippen molar-refractivity contribution in [2.45, 2.75) is 116 Å². The average Bonchev–Trinajstić information content (AvgIpc) is 2.71. The Kier molecular flexibility index (Phi) is 17.5. The number of carbonyl (C=O) groups is 1. The number of rotatable bonds is 18. The predicted octanol–water partition coefficient (Wildman–Crippen LogP) is 7.05. The van der Waals surface area contributed by atoms with Gasteiger partial charge >= 0.3 is 5.97 Å². The zero-order valence-corrected chi connectivity index (χ0v) is 18.8. The summed E-state index contributed by atoms with van der Waals surface area (Å²) in [5.74, 6) is -0.00497. The van der Waals surface area contributed by atoms with Crippen LogP contribution in [0.2, 0.25) is 0 Å². The van der Waals surface area contributed by atoms with Gasteiger partial charge in [0, 0.05) is 13.0 Å². The summed E-state index contributed by atoms with van der Waals surface area (Å²) in [4.78, 5) is 14.2. The summed E-state index contributed by atoms with van der Waals surface area (Å²) >= 11 is 0. The van der Waals surface area contributed by atoms with Crippen LogP contribution in [0.15, 0.2) is 12.2 Å². The van der Waals surface area contributed by atoms with Gasteiger partial charge in [0.05, 0.1) is 0 Å². The van der Waals surface area contributed by atoms with Crippen LogP contribution in [-0.4, -0.2) is 37.1 Å². The van der Waals surface area contributed by atoms with Crippen molar-refractivity contribution in [3.8, 4) is 0 Å². The van der Waals surface area contributed by atoms with Crippen LogP contribution in [0, 0.1) is 0 Å². The summed E-state index contributed by atoms with van der Waals surface area (Å²) in [7, 11) is 0. The third-order valence-corrected chi connectivity index (χ3v) is 5.76. The summed E-state index contributed by atoms with van der Waals surface area (Å²) in [5, 5.41) is 0. The van der Waals surface area contributed by atoms with Gasteiger partial charge in [0.25, 0.3) is 0 Å². The molecule has 0 bridgehead atoms. The first kappa shape index (κ1) is 25.2. The molecule has 0 aromatic rings. The maximum absolute atomic E-state index is 11.8. The number of allylic oxidation sites excluding steroid dienone is 2. The average molecular weight is 394 g/mol. The second kappa shape index (κ2) is 19.5. The number of carbonyl (C=O) groups excluding carboxylic acids is 1. The normalized spacial score (nSPS) is 15.3. The highest BCUT2D eigenvalue weighted by molar-refractivity contribution is 5.69. The minimum atomic E-state index is -0.00497. The lowest BCUT2D eigenvalue weighted by Crippen LogP contribution is -2.33. The van der Waals surface area contributed by atoms with Crippen molar-refractivity contribution >= 4 is 5.97 Å². The molecule has 0 aromatic heterocycles. The molecule has 0 atom stereocenters. The molecule has 1 rings (SSSR count). The highest BCUT2D eigenvalue weighted by atomic mass is 16.5. The molecule has 0 aromatic carbocycles. The molecule has 1 aliphatic heterocycles. The van der Waals surface area contributed by atoms with E-state index in [2.05, 4.69) is 24.0 Å². The van der Waals surface area contributed by atoms with E-state index < -0.39 is 0 Å². The first-order chi connectivity index (χ1) is 13.8. The molecular weight excluding hydrogens is 346 g/mol. The number of esters is 1. The minimum absolute atomic E-state index is 0.00497.